The molecule has 1 fully saturated rings. The second-order valence-electron chi connectivity index (χ2n) is 4.96. The van der Waals surface area contributed by atoms with Gasteiger partial charge in [0.25, 0.3) is 0 Å². The average Bonchev–Trinajstić information content (AvgIpc) is 3.16. The minimum Gasteiger partial charge on any atom is -0.373 e. The molecular weight excluding hydrogens is 240 g/mol. The molecule has 0 amide bonds. The highest BCUT2D eigenvalue weighted by molar-refractivity contribution is 5.64. The van der Waals surface area contributed by atoms with Crippen LogP contribution in [0.1, 0.15) is 30.1 Å². The zero-order valence-corrected chi connectivity index (χ0v) is 11.4. The summed E-state index contributed by atoms with van der Waals surface area (Å²) in [5, 5.41) is 10.6. The largest absolute Gasteiger partial charge is 0.373 e. The van der Waals surface area contributed by atoms with E-state index in [0.717, 1.165) is 28.7 Å². The Hall–Kier alpha value is -2.11. The second kappa shape index (κ2) is 4.53. The topological polar surface area (TPSA) is 67.7 Å². The number of aryl methyl sites for hydroxylation is 1. The highest BCUT2D eigenvalue weighted by Crippen LogP contribution is 2.39. The van der Waals surface area contributed by atoms with Gasteiger partial charge in [0.1, 0.15) is 17.5 Å². The van der Waals surface area contributed by atoms with E-state index in [2.05, 4.69) is 25.7 Å². The van der Waals surface area contributed by atoms with Crippen LogP contribution in [0.25, 0.3) is 0 Å². The van der Waals surface area contributed by atoms with E-state index in [9.17, 15) is 0 Å². The molecule has 0 aromatic carbocycles. The van der Waals surface area contributed by atoms with Crippen LogP contribution in [-0.4, -0.2) is 26.8 Å². The quantitative estimate of drug-likeness (QED) is 0.879. The molecule has 2 aromatic rings. The normalized spacial score (nSPS) is 14.5. The van der Waals surface area contributed by atoms with Crippen molar-refractivity contribution in [1.29, 1.82) is 0 Å². The lowest BCUT2D eigenvalue weighted by molar-refractivity contribution is 0.768. The van der Waals surface area contributed by atoms with Gasteiger partial charge in [0.05, 0.1) is 11.9 Å². The molecule has 2 heterocycles. The first-order valence-corrected chi connectivity index (χ1v) is 6.49. The molecule has 0 radical (unpaired) electrons. The number of nitrogens with one attached hydrogen (secondary N) is 2. The summed E-state index contributed by atoms with van der Waals surface area (Å²) in [6, 6.07) is 0. The van der Waals surface area contributed by atoms with E-state index in [0.29, 0.717) is 5.92 Å². The van der Waals surface area contributed by atoms with Gasteiger partial charge in [0, 0.05) is 31.8 Å². The van der Waals surface area contributed by atoms with E-state index in [1.165, 1.54) is 12.8 Å². The number of aromatic nitrogens is 4. The fraction of sp³-hybridized carbons (Fsp3) is 0.462. The highest BCUT2D eigenvalue weighted by atomic mass is 15.3. The van der Waals surface area contributed by atoms with Crippen molar-refractivity contribution >= 4 is 17.3 Å². The van der Waals surface area contributed by atoms with Crippen molar-refractivity contribution in [2.24, 2.45) is 7.05 Å². The maximum Gasteiger partial charge on any atom is 0.139 e. The van der Waals surface area contributed by atoms with Gasteiger partial charge in [-0.05, 0) is 19.8 Å². The molecule has 0 aliphatic heterocycles. The number of rotatable bonds is 4. The molecule has 0 spiro atoms. The molecule has 6 heteroatoms. The molecular formula is C13H18N6. The van der Waals surface area contributed by atoms with E-state index in [1.54, 1.807) is 10.9 Å². The van der Waals surface area contributed by atoms with Crippen molar-refractivity contribution < 1.29 is 0 Å². The Kier molecular flexibility index (Phi) is 2.85. The predicted molar refractivity (Wildman–Crippen MR) is 74.8 cm³/mol. The molecule has 0 atom stereocenters. The highest BCUT2D eigenvalue weighted by Gasteiger charge is 2.28. The number of nitrogens with zero attached hydrogens (tertiary/aromatic N) is 4. The van der Waals surface area contributed by atoms with E-state index in [4.69, 9.17) is 0 Å². The molecule has 2 aromatic heterocycles. The van der Waals surface area contributed by atoms with Gasteiger partial charge in [-0.1, -0.05) is 0 Å². The minimum atomic E-state index is 0.530. The third-order valence-electron chi connectivity index (χ3n) is 3.31. The zero-order chi connectivity index (χ0) is 13.4. The average molecular weight is 258 g/mol. The van der Waals surface area contributed by atoms with Crippen LogP contribution in [0.2, 0.25) is 0 Å². The number of hydrogen-bond acceptors (Lipinski definition) is 5. The van der Waals surface area contributed by atoms with Gasteiger partial charge in [0.2, 0.25) is 0 Å². The molecule has 1 saturated carbocycles. The Morgan fingerprint density at radius 3 is 2.58 bits per heavy atom. The third-order valence-corrected chi connectivity index (χ3v) is 3.31. The van der Waals surface area contributed by atoms with Gasteiger partial charge in [-0.3, -0.25) is 4.68 Å². The molecule has 3 rings (SSSR count). The van der Waals surface area contributed by atoms with Gasteiger partial charge in [-0.25, -0.2) is 9.97 Å². The first kappa shape index (κ1) is 12.0. The van der Waals surface area contributed by atoms with Crippen molar-refractivity contribution in [1.82, 2.24) is 19.7 Å². The van der Waals surface area contributed by atoms with E-state index in [-0.39, 0.29) is 0 Å². The molecule has 0 saturated heterocycles. The standard InChI is InChI=1S/C13H18N6/c1-8-11(14-2)17-13(9-4-5-9)18-12(8)16-10-6-15-19(3)7-10/h6-7,9H,4-5H2,1-3H3,(H2,14,16,17,18). The lowest BCUT2D eigenvalue weighted by Crippen LogP contribution is -2.06. The summed E-state index contributed by atoms with van der Waals surface area (Å²) in [7, 11) is 3.78. The monoisotopic (exact) mass is 258 g/mol. The maximum atomic E-state index is 4.65. The fourth-order valence-electron chi connectivity index (χ4n) is 2.05. The molecule has 19 heavy (non-hydrogen) atoms. The summed E-state index contributed by atoms with van der Waals surface area (Å²) in [5.41, 5.74) is 1.96. The van der Waals surface area contributed by atoms with Crippen LogP contribution in [-0.2, 0) is 7.05 Å². The zero-order valence-electron chi connectivity index (χ0n) is 11.4. The van der Waals surface area contributed by atoms with Crippen LogP contribution >= 0.6 is 0 Å². The van der Waals surface area contributed by atoms with E-state index < -0.39 is 0 Å². The van der Waals surface area contributed by atoms with E-state index >= 15 is 0 Å². The summed E-state index contributed by atoms with van der Waals surface area (Å²) < 4.78 is 1.76. The third kappa shape index (κ3) is 2.38. The Morgan fingerprint density at radius 1 is 1.26 bits per heavy atom. The fourth-order valence-corrected chi connectivity index (χ4v) is 2.05. The lowest BCUT2D eigenvalue weighted by atomic mass is 10.2. The molecule has 2 N–H and O–H groups in total. The van der Waals surface area contributed by atoms with Crippen LogP contribution in [0.4, 0.5) is 17.3 Å². The van der Waals surface area contributed by atoms with Crippen molar-refractivity contribution in [3.05, 3.63) is 23.8 Å². The Labute approximate surface area is 112 Å². The molecule has 1 aliphatic carbocycles. The Balaban J connectivity index is 1.96. The van der Waals surface area contributed by atoms with Gasteiger partial charge >= 0.3 is 0 Å². The predicted octanol–water partition coefficient (Wildman–Crippen LogP) is 2.18. The minimum absolute atomic E-state index is 0.530. The lowest BCUT2D eigenvalue weighted by Gasteiger charge is -2.12. The summed E-state index contributed by atoms with van der Waals surface area (Å²) in [6.45, 7) is 2.02. The second-order valence-corrected chi connectivity index (χ2v) is 4.96. The van der Waals surface area contributed by atoms with Crippen LogP contribution < -0.4 is 10.6 Å². The van der Waals surface area contributed by atoms with Crippen molar-refractivity contribution in [2.75, 3.05) is 17.7 Å². The summed E-state index contributed by atoms with van der Waals surface area (Å²) >= 11 is 0. The Bertz CT molecular complexity index is 599. The molecule has 100 valence electrons. The van der Waals surface area contributed by atoms with Gasteiger partial charge < -0.3 is 10.6 Å². The van der Waals surface area contributed by atoms with Crippen LogP contribution in [0.15, 0.2) is 12.4 Å². The SMILES string of the molecule is CNc1nc(C2CC2)nc(Nc2cnn(C)c2)c1C. The summed E-state index contributed by atoms with van der Waals surface area (Å²) in [6.07, 6.45) is 6.10. The van der Waals surface area contributed by atoms with Crippen LogP contribution in [0.5, 0.6) is 0 Å². The molecule has 1 aliphatic rings. The van der Waals surface area contributed by atoms with Crippen molar-refractivity contribution in [2.45, 2.75) is 25.7 Å². The smallest absolute Gasteiger partial charge is 0.139 e. The van der Waals surface area contributed by atoms with Gasteiger partial charge in [-0.2, -0.15) is 5.10 Å². The van der Waals surface area contributed by atoms with Crippen LogP contribution in [0, 0.1) is 6.92 Å². The Morgan fingerprint density at radius 2 is 2.00 bits per heavy atom. The van der Waals surface area contributed by atoms with Gasteiger partial charge in [0.15, 0.2) is 0 Å². The first-order valence-electron chi connectivity index (χ1n) is 6.49. The van der Waals surface area contributed by atoms with Crippen molar-refractivity contribution in [3.8, 4) is 0 Å². The summed E-state index contributed by atoms with van der Waals surface area (Å²) in [5.74, 6) is 3.21. The maximum absolute atomic E-state index is 4.65. The number of hydrogen-bond donors (Lipinski definition) is 2. The summed E-state index contributed by atoms with van der Waals surface area (Å²) in [4.78, 5) is 9.23. The molecule has 0 unspecified atom stereocenters. The molecule has 6 nitrogen and oxygen atoms in total. The van der Waals surface area contributed by atoms with E-state index in [1.807, 2.05) is 27.2 Å². The van der Waals surface area contributed by atoms with Gasteiger partial charge in [-0.15, -0.1) is 0 Å². The van der Waals surface area contributed by atoms with Crippen LogP contribution in [0.3, 0.4) is 0 Å². The first-order chi connectivity index (χ1) is 9.17. The number of anilines is 3. The molecule has 0 bridgehead atoms. The van der Waals surface area contributed by atoms with Crippen molar-refractivity contribution in [3.63, 3.8) is 0 Å².